The molecule has 2 rings (SSSR count). The minimum atomic E-state index is -3.42. The third-order valence-corrected chi connectivity index (χ3v) is 3.97. The van der Waals surface area contributed by atoms with Crippen molar-refractivity contribution in [2.75, 3.05) is 12.3 Å². The molecule has 0 amide bonds. The second kappa shape index (κ2) is 3.83. The standard InChI is InChI=1S/C10H14N2O2S/c11-9-3-1-2-4-10(9)15(13,14)12-7-8-5-6-8/h1-4,8,12H,5-7,11H2. The lowest BCUT2D eigenvalue weighted by molar-refractivity contribution is 0.578. The average molecular weight is 226 g/mol. The van der Waals surface area contributed by atoms with Crippen molar-refractivity contribution in [3.8, 4) is 0 Å². The van der Waals surface area contributed by atoms with Crippen molar-refractivity contribution in [2.45, 2.75) is 17.7 Å². The normalized spacial score (nSPS) is 16.5. The zero-order valence-corrected chi connectivity index (χ0v) is 9.13. The van der Waals surface area contributed by atoms with E-state index in [0.29, 0.717) is 18.2 Å². The maximum Gasteiger partial charge on any atom is 0.242 e. The van der Waals surface area contributed by atoms with E-state index in [9.17, 15) is 8.42 Å². The summed E-state index contributed by atoms with van der Waals surface area (Å²) in [7, 11) is -3.42. The molecule has 82 valence electrons. The van der Waals surface area contributed by atoms with Gasteiger partial charge in [0.05, 0.1) is 5.69 Å². The number of nitrogens with two attached hydrogens (primary N) is 1. The van der Waals surface area contributed by atoms with Gasteiger partial charge in [-0.05, 0) is 30.9 Å². The summed E-state index contributed by atoms with van der Waals surface area (Å²) in [6, 6.07) is 6.49. The number of benzene rings is 1. The van der Waals surface area contributed by atoms with Crippen LogP contribution in [0.4, 0.5) is 5.69 Å². The first kappa shape index (κ1) is 10.4. The van der Waals surface area contributed by atoms with Crippen LogP contribution < -0.4 is 10.5 Å². The van der Waals surface area contributed by atoms with E-state index in [2.05, 4.69) is 4.72 Å². The molecule has 0 unspecified atom stereocenters. The fraction of sp³-hybridized carbons (Fsp3) is 0.400. The first-order valence-electron chi connectivity index (χ1n) is 4.94. The van der Waals surface area contributed by atoms with E-state index in [-0.39, 0.29) is 4.90 Å². The number of nitrogens with one attached hydrogen (secondary N) is 1. The Morgan fingerprint density at radius 1 is 1.33 bits per heavy atom. The summed E-state index contributed by atoms with van der Waals surface area (Å²) in [5.74, 6) is 0.518. The van der Waals surface area contributed by atoms with Crippen molar-refractivity contribution in [2.24, 2.45) is 5.92 Å². The minimum absolute atomic E-state index is 0.172. The van der Waals surface area contributed by atoms with E-state index in [4.69, 9.17) is 5.73 Å². The molecule has 1 aromatic carbocycles. The SMILES string of the molecule is Nc1ccccc1S(=O)(=O)NCC1CC1. The van der Waals surface area contributed by atoms with Gasteiger partial charge in [-0.1, -0.05) is 12.1 Å². The van der Waals surface area contributed by atoms with E-state index in [1.807, 2.05) is 0 Å². The second-order valence-corrected chi connectivity index (χ2v) is 5.57. The number of anilines is 1. The summed E-state index contributed by atoms with van der Waals surface area (Å²) < 4.78 is 26.2. The van der Waals surface area contributed by atoms with Gasteiger partial charge in [0, 0.05) is 6.54 Å². The molecule has 1 aliphatic carbocycles. The molecular weight excluding hydrogens is 212 g/mol. The first-order chi connectivity index (χ1) is 7.09. The Kier molecular flexibility index (Phi) is 2.67. The Morgan fingerprint density at radius 2 is 2.00 bits per heavy atom. The number of hydrogen-bond donors (Lipinski definition) is 2. The van der Waals surface area contributed by atoms with Crippen LogP contribution in [0.25, 0.3) is 0 Å². The lowest BCUT2D eigenvalue weighted by Crippen LogP contribution is -2.26. The molecule has 4 nitrogen and oxygen atoms in total. The quantitative estimate of drug-likeness (QED) is 0.751. The molecule has 0 radical (unpaired) electrons. The van der Waals surface area contributed by atoms with Crippen molar-refractivity contribution >= 4 is 15.7 Å². The Balaban J connectivity index is 2.16. The van der Waals surface area contributed by atoms with Crippen LogP contribution in [0, 0.1) is 5.92 Å². The van der Waals surface area contributed by atoms with Crippen molar-refractivity contribution in [3.05, 3.63) is 24.3 Å². The molecule has 3 N–H and O–H groups in total. The molecule has 1 aromatic rings. The van der Waals surface area contributed by atoms with Gasteiger partial charge in [-0.15, -0.1) is 0 Å². The molecule has 0 atom stereocenters. The zero-order valence-electron chi connectivity index (χ0n) is 8.31. The van der Waals surface area contributed by atoms with Gasteiger partial charge in [-0.2, -0.15) is 0 Å². The predicted molar refractivity (Wildman–Crippen MR) is 58.8 cm³/mol. The molecule has 0 heterocycles. The molecule has 1 aliphatic rings. The lowest BCUT2D eigenvalue weighted by Gasteiger charge is -2.07. The monoisotopic (exact) mass is 226 g/mol. The van der Waals surface area contributed by atoms with Crippen LogP contribution >= 0.6 is 0 Å². The lowest BCUT2D eigenvalue weighted by atomic mass is 10.3. The van der Waals surface area contributed by atoms with Crippen LogP contribution in [-0.4, -0.2) is 15.0 Å². The number of para-hydroxylation sites is 1. The van der Waals surface area contributed by atoms with Crippen LogP contribution in [-0.2, 0) is 10.0 Å². The zero-order chi connectivity index (χ0) is 10.9. The van der Waals surface area contributed by atoms with Crippen LogP contribution in [0.1, 0.15) is 12.8 Å². The van der Waals surface area contributed by atoms with Gasteiger partial charge in [0.25, 0.3) is 0 Å². The molecule has 1 fully saturated rings. The average Bonchev–Trinajstić information content (AvgIpc) is 2.99. The van der Waals surface area contributed by atoms with Crippen LogP contribution in [0.2, 0.25) is 0 Å². The summed E-state index contributed by atoms with van der Waals surface area (Å²) in [5, 5.41) is 0. The van der Waals surface area contributed by atoms with E-state index in [1.54, 1.807) is 18.2 Å². The molecule has 0 aromatic heterocycles. The highest BCUT2D eigenvalue weighted by molar-refractivity contribution is 7.89. The third-order valence-electron chi connectivity index (χ3n) is 2.47. The smallest absolute Gasteiger partial charge is 0.242 e. The van der Waals surface area contributed by atoms with Gasteiger partial charge in [-0.3, -0.25) is 0 Å². The van der Waals surface area contributed by atoms with Gasteiger partial charge >= 0.3 is 0 Å². The molecule has 0 saturated heterocycles. The Labute approximate surface area is 89.5 Å². The van der Waals surface area contributed by atoms with Crippen molar-refractivity contribution in [1.82, 2.24) is 4.72 Å². The van der Waals surface area contributed by atoms with Crippen molar-refractivity contribution in [3.63, 3.8) is 0 Å². The summed E-state index contributed by atoms with van der Waals surface area (Å²) in [4.78, 5) is 0.172. The fourth-order valence-corrected chi connectivity index (χ4v) is 2.60. The highest BCUT2D eigenvalue weighted by atomic mass is 32.2. The number of nitrogen functional groups attached to an aromatic ring is 1. The summed E-state index contributed by atoms with van der Waals surface area (Å²) in [6.07, 6.45) is 2.24. The molecule has 15 heavy (non-hydrogen) atoms. The largest absolute Gasteiger partial charge is 0.398 e. The van der Waals surface area contributed by atoms with E-state index >= 15 is 0 Å². The molecule has 0 aliphatic heterocycles. The fourth-order valence-electron chi connectivity index (χ4n) is 1.35. The Morgan fingerprint density at radius 3 is 2.60 bits per heavy atom. The van der Waals surface area contributed by atoms with E-state index in [1.165, 1.54) is 6.07 Å². The van der Waals surface area contributed by atoms with Crippen molar-refractivity contribution < 1.29 is 8.42 Å². The van der Waals surface area contributed by atoms with Gasteiger partial charge in [0.1, 0.15) is 4.90 Å². The predicted octanol–water partition coefficient (Wildman–Crippen LogP) is 0.957. The summed E-state index contributed by atoms with van der Waals surface area (Å²) in [5.41, 5.74) is 5.90. The summed E-state index contributed by atoms with van der Waals surface area (Å²) in [6.45, 7) is 0.524. The third kappa shape index (κ3) is 2.49. The Bertz CT molecular complexity index is 452. The van der Waals surface area contributed by atoms with E-state index in [0.717, 1.165) is 12.8 Å². The minimum Gasteiger partial charge on any atom is -0.398 e. The Hall–Kier alpha value is -1.07. The first-order valence-corrected chi connectivity index (χ1v) is 6.42. The highest BCUT2D eigenvalue weighted by Gasteiger charge is 2.24. The summed E-state index contributed by atoms with van der Waals surface area (Å²) >= 11 is 0. The maximum atomic E-state index is 11.8. The van der Waals surface area contributed by atoms with Crippen LogP contribution in [0.3, 0.4) is 0 Å². The van der Waals surface area contributed by atoms with Gasteiger partial charge in [-0.25, -0.2) is 13.1 Å². The van der Waals surface area contributed by atoms with E-state index < -0.39 is 10.0 Å². The van der Waals surface area contributed by atoms with Gasteiger partial charge in [0.2, 0.25) is 10.0 Å². The molecule has 5 heteroatoms. The van der Waals surface area contributed by atoms with Crippen molar-refractivity contribution in [1.29, 1.82) is 0 Å². The number of hydrogen-bond acceptors (Lipinski definition) is 3. The highest BCUT2D eigenvalue weighted by Crippen LogP contribution is 2.28. The number of rotatable bonds is 4. The van der Waals surface area contributed by atoms with Gasteiger partial charge in [0.15, 0.2) is 0 Å². The topological polar surface area (TPSA) is 72.2 Å². The molecular formula is C10H14N2O2S. The maximum absolute atomic E-state index is 11.8. The van der Waals surface area contributed by atoms with Gasteiger partial charge < -0.3 is 5.73 Å². The van der Waals surface area contributed by atoms with Crippen LogP contribution in [0.5, 0.6) is 0 Å². The molecule has 0 spiro atoms. The number of sulfonamides is 1. The molecule has 0 bridgehead atoms. The molecule has 1 saturated carbocycles. The second-order valence-electron chi connectivity index (χ2n) is 3.83. The van der Waals surface area contributed by atoms with Crippen LogP contribution in [0.15, 0.2) is 29.2 Å².